The molecule has 0 heterocycles. The number of sulfonamides is 1. The number of nitrogens with two attached hydrogens (primary N) is 1. The molecule has 0 radical (unpaired) electrons. The highest BCUT2D eigenvalue weighted by molar-refractivity contribution is 7.91. The molecule has 1 fully saturated rings. The molecule has 1 aliphatic carbocycles. The third kappa shape index (κ3) is 5.67. The fourth-order valence-electron chi connectivity index (χ4n) is 2.89. The first-order valence-corrected chi connectivity index (χ1v) is 11.7. The third-order valence-corrected chi connectivity index (χ3v) is 7.68. The molecule has 2 unspecified atom stereocenters. The number of hydrogen-bond donors (Lipinski definition) is 2. The van der Waals surface area contributed by atoms with Gasteiger partial charge >= 0.3 is 0 Å². The Morgan fingerprint density at radius 3 is 2.44 bits per heavy atom. The molecule has 0 aromatic heterocycles. The molecule has 2 atom stereocenters. The van der Waals surface area contributed by atoms with Crippen LogP contribution in [0.3, 0.4) is 0 Å². The fourth-order valence-corrected chi connectivity index (χ4v) is 4.85. The first kappa shape index (κ1) is 20.2. The number of sulfone groups is 1. The van der Waals surface area contributed by atoms with Crippen molar-refractivity contribution in [2.24, 2.45) is 11.7 Å². The Balaban J connectivity index is 1.96. The second kappa shape index (κ2) is 8.48. The minimum atomic E-state index is -3.61. The first-order valence-electron chi connectivity index (χ1n) is 8.43. The van der Waals surface area contributed by atoms with Crippen LogP contribution in [-0.4, -0.2) is 47.5 Å². The summed E-state index contributed by atoms with van der Waals surface area (Å²) >= 11 is 0. The Morgan fingerprint density at radius 2 is 1.84 bits per heavy atom. The van der Waals surface area contributed by atoms with Crippen molar-refractivity contribution in [2.45, 2.75) is 37.1 Å². The van der Waals surface area contributed by atoms with Crippen molar-refractivity contribution in [1.82, 2.24) is 4.72 Å². The number of hydrogen-bond acceptors (Lipinski definition) is 6. The molecular weight excluding hydrogens is 364 g/mol. The van der Waals surface area contributed by atoms with Crippen molar-refractivity contribution >= 4 is 19.9 Å². The summed E-state index contributed by atoms with van der Waals surface area (Å²) < 4.78 is 55.9. The molecule has 0 aliphatic heterocycles. The number of nitrogens with one attached hydrogen (secondary N) is 1. The second-order valence-electron chi connectivity index (χ2n) is 6.21. The monoisotopic (exact) mass is 390 g/mol. The van der Waals surface area contributed by atoms with Crippen LogP contribution in [0.1, 0.15) is 26.2 Å². The lowest BCUT2D eigenvalue weighted by Crippen LogP contribution is -2.39. The fraction of sp³-hybridized carbons (Fsp3) is 0.625. The van der Waals surface area contributed by atoms with E-state index in [1.165, 1.54) is 24.3 Å². The maximum atomic E-state index is 12.5. The summed E-state index contributed by atoms with van der Waals surface area (Å²) in [7, 11) is -6.69. The van der Waals surface area contributed by atoms with E-state index >= 15 is 0 Å². The first-order chi connectivity index (χ1) is 11.8. The molecule has 7 nitrogen and oxygen atoms in total. The predicted octanol–water partition coefficient (Wildman–Crippen LogP) is 0.906. The van der Waals surface area contributed by atoms with Crippen LogP contribution in [0.15, 0.2) is 29.2 Å². The van der Waals surface area contributed by atoms with Crippen molar-refractivity contribution in [3.63, 3.8) is 0 Å². The quantitative estimate of drug-likeness (QED) is 0.647. The molecule has 142 valence electrons. The molecule has 1 saturated carbocycles. The van der Waals surface area contributed by atoms with Crippen LogP contribution in [0, 0.1) is 5.92 Å². The molecule has 9 heteroatoms. The highest BCUT2D eigenvalue weighted by Crippen LogP contribution is 2.26. The molecule has 2 rings (SSSR count). The van der Waals surface area contributed by atoms with Crippen LogP contribution in [0.25, 0.3) is 0 Å². The van der Waals surface area contributed by atoms with Crippen molar-refractivity contribution in [3.05, 3.63) is 24.3 Å². The van der Waals surface area contributed by atoms with Crippen LogP contribution < -0.4 is 15.2 Å². The van der Waals surface area contributed by atoms with Crippen molar-refractivity contribution in [2.75, 3.05) is 24.7 Å². The van der Waals surface area contributed by atoms with E-state index in [4.69, 9.17) is 10.5 Å². The summed E-state index contributed by atoms with van der Waals surface area (Å²) in [5, 5.41) is 0. The molecule has 0 saturated heterocycles. The lowest BCUT2D eigenvalue weighted by atomic mass is 10.1. The van der Waals surface area contributed by atoms with Gasteiger partial charge in [-0.1, -0.05) is 13.3 Å². The van der Waals surface area contributed by atoms with Crippen LogP contribution in [0.4, 0.5) is 0 Å². The van der Waals surface area contributed by atoms with Crippen LogP contribution in [-0.2, 0) is 19.9 Å². The molecular formula is C16H26N2O5S2. The molecule has 3 N–H and O–H groups in total. The molecule has 1 aliphatic rings. The van der Waals surface area contributed by atoms with E-state index in [-0.39, 0.29) is 35.0 Å². The Kier molecular flexibility index (Phi) is 6.84. The summed E-state index contributed by atoms with van der Waals surface area (Å²) in [5.74, 6) is 0.626. The molecule has 0 amide bonds. The van der Waals surface area contributed by atoms with Crippen molar-refractivity contribution in [3.8, 4) is 5.75 Å². The second-order valence-corrected chi connectivity index (χ2v) is 10.4. The van der Waals surface area contributed by atoms with E-state index in [1.807, 2.05) is 0 Å². The van der Waals surface area contributed by atoms with E-state index in [0.717, 1.165) is 19.3 Å². The maximum absolute atomic E-state index is 12.5. The SMILES string of the molecule is CCS(=O)(=O)CCOc1ccc(S(=O)(=O)NC2CCCC2CN)cc1. The van der Waals surface area contributed by atoms with Gasteiger partial charge in [0.15, 0.2) is 9.84 Å². The molecule has 1 aromatic carbocycles. The van der Waals surface area contributed by atoms with Gasteiger partial charge in [0.1, 0.15) is 12.4 Å². The zero-order chi connectivity index (χ0) is 18.5. The van der Waals surface area contributed by atoms with E-state index in [9.17, 15) is 16.8 Å². The van der Waals surface area contributed by atoms with Gasteiger partial charge < -0.3 is 10.5 Å². The Hall–Kier alpha value is -1.16. The summed E-state index contributed by atoms with van der Waals surface area (Å²) in [4.78, 5) is 0.156. The topological polar surface area (TPSA) is 116 Å². The zero-order valence-electron chi connectivity index (χ0n) is 14.3. The Bertz CT molecular complexity index is 760. The van der Waals surface area contributed by atoms with Crippen LogP contribution in [0.5, 0.6) is 5.75 Å². The lowest BCUT2D eigenvalue weighted by Gasteiger charge is -2.19. The summed E-state index contributed by atoms with van der Waals surface area (Å²) in [6.45, 7) is 2.10. The van der Waals surface area contributed by atoms with Crippen molar-refractivity contribution < 1.29 is 21.6 Å². The van der Waals surface area contributed by atoms with E-state index in [1.54, 1.807) is 6.92 Å². The van der Waals surface area contributed by atoms with Gasteiger partial charge in [0.2, 0.25) is 10.0 Å². The normalized spacial score (nSPS) is 21.4. The van der Waals surface area contributed by atoms with Gasteiger partial charge in [0, 0.05) is 11.8 Å². The highest BCUT2D eigenvalue weighted by Gasteiger charge is 2.30. The molecule has 0 spiro atoms. The molecule has 1 aromatic rings. The van der Waals surface area contributed by atoms with E-state index in [2.05, 4.69) is 4.72 Å². The average Bonchev–Trinajstić information content (AvgIpc) is 3.01. The van der Waals surface area contributed by atoms with E-state index in [0.29, 0.717) is 12.3 Å². The molecule has 25 heavy (non-hydrogen) atoms. The van der Waals surface area contributed by atoms with E-state index < -0.39 is 19.9 Å². The standard InChI is InChI=1S/C16H26N2O5S2/c1-2-24(19,20)11-10-23-14-6-8-15(9-7-14)25(21,22)18-16-5-3-4-13(16)12-17/h6-9,13,16,18H,2-5,10-12,17H2,1H3. The predicted molar refractivity (Wildman–Crippen MR) is 96.8 cm³/mol. The van der Waals surface area contributed by atoms with Gasteiger partial charge in [-0.05, 0) is 49.6 Å². The smallest absolute Gasteiger partial charge is 0.240 e. The van der Waals surface area contributed by atoms with Gasteiger partial charge in [-0.3, -0.25) is 0 Å². The minimum absolute atomic E-state index is 0.0424. The van der Waals surface area contributed by atoms with Crippen LogP contribution in [0.2, 0.25) is 0 Å². The van der Waals surface area contributed by atoms with Crippen LogP contribution >= 0.6 is 0 Å². The average molecular weight is 391 g/mol. The summed E-state index contributed by atoms with van der Waals surface area (Å²) in [5.41, 5.74) is 5.69. The Morgan fingerprint density at radius 1 is 1.16 bits per heavy atom. The Labute approximate surface area is 149 Å². The van der Waals surface area contributed by atoms with Gasteiger partial charge in [-0.15, -0.1) is 0 Å². The summed E-state index contributed by atoms with van der Waals surface area (Å²) in [6.07, 6.45) is 2.72. The third-order valence-electron chi connectivity index (χ3n) is 4.51. The van der Waals surface area contributed by atoms with Gasteiger partial charge in [0.05, 0.1) is 10.6 Å². The highest BCUT2D eigenvalue weighted by atomic mass is 32.2. The molecule has 0 bridgehead atoms. The summed E-state index contributed by atoms with van der Waals surface area (Å²) in [6, 6.07) is 5.85. The lowest BCUT2D eigenvalue weighted by molar-refractivity contribution is 0.340. The van der Waals surface area contributed by atoms with Crippen molar-refractivity contribution in [1.29, 1.82) is 0 Å². The minimum Gasteiger partial charge on any atom is -0.493 e. The largest absolute Gasteiger partial charge is 0.493 e. The number of benzene rings is 1. The maximum Gasteiger partial charge on any atom is 0.240 e. The zero-order valence-corrected chi connectivity index (χ0v) is 16.0. The van der Waals surface area contributed by atoms with Gasteiger partial charge in [0.25, 0.3) is 0 Å². The van der Waals surface area contributed by atoms with Gasteiger partial charge in [-0.25, -0.2) is 21.6 Å². The van der Waals surface area contributed by atoms with Gasteiger partial charge in [-0.2, -0.15) is 0 Å². The number of rotatable bonds is 9. The number of ether oxygens (including phenoxy) is 1.